The maximum Gasteiger partial charge on any atom is 1.00 e. The monoisotopic (exact) mass is 1800 g/mol. The van der Waals surface area contributed by atoms with Crippen LogP contribution in [0.15, 0.2) is 97.6 Å². The Labute approximate surface area is 762 Å². The van der Waals surface area contributed by atoms with Crippen molar-refractivity contribution in [3.05, 3.63) is 143 Å². The zero-order valence-electron chi connectivity index (χ0n) is 70.1. The molecule has 0 radical (unpaired) electrons. The first-order valence-corrected chi connectivity index (χ1v) is 42.0. The molecule has 6 unspecified atom stereocenters. The van der Waals surface area contributed by atoms with Gasteiger partial charge in [-0.1, -0.05) is 71.1 Å². The Hall–Kier alpha value is -8.20. The molecule has 4 aromatic heterocycles. The third kappa shape index (κ3) is 51.4. The van der Waals surface area contributed by atoms with Gasteiger partial charge in [0.1, 0.15) is 51.0 Å². The number of aliphatic hydroxyl groups excluding tert-OH is 4. The molecule has 0 saturated carbocycles. The second kappa shape index (κ2) is 66.3. The molecular formula is C79H108N10Na2O31P2. The molecule has 2 aromatic carbocycles. The van der Waals surface area contributed by atoms with Crippen molar-refractivity contribution in [2.45, 2.75) is 135 Å². The number of carbonyl (C=O) groups excluding carboxylic acids is 8. The maximum atomic E-state index is 12.3. The van der Waals surface area contributed by atoms with Crippen LogP contribution in [-0.2, 0) is 144 Å². The van der Waals surface area contributed by atoms with Crippen LogP contribution in [0, 0.1) is 13.8 Å². The van der Waals surface area contributed by atoms with Gasteiger partial charge < -0.3 is 110 Å². The Balaban J connectivity index is 0.000000630. The van der Waals surface area contributed by atoms with Crippen molar-refractivity contribution in [1.82, 2.24) is 40.0 Å². The van der Waals surface area contributed by atoms with Crippen LogP contribution < -0.4 is 78.7 Å². The van der Waals surface area contributed by atoms with Crippen molar-refractivity contribution < 1.29 is 207 Å². The second-order valence-electron chi connectivity index (χ2n) is 26.6. The smallest absolute Gasteiger partial charge is 0.756 e. The number of ether oxygens (including phenoxy) is 11. The van der Waals surface area contributed by atoms with E-state index in [1.165, 1.54) is 4.68 Å². The molecule has 0 aliphatic heterocycles. The number of aliphatic hydroxyl groups is 4. The molecule has 0 aliphatic rings. The number of hydrogen-bond donors (Lipinski definition) is 4. The fourth-order valence-electron chi connectivity index (χ4n) is 10.4. The van der Waals surface area contributed by atoms with Gasteiger partial charge in [-0.15, -0.1) is 10.2 Å². The minimum absolute atomic E-state index is 0. The summed E-state index contributed by atoms with van der Waals surface area (Å²) in [6, 6.07) is 24.1. The fraction of sp³-hybridized carbons (Fsp3) is 0.519. The second-order valence-corrected chi connectivity index (χ2v) is 29.4. The predicted molar refractivity (Wildman–Crippen MR) is 429 cm³/mol. The summed E-state index contributed by atoms with van der Waals surface area (Å²) >= 11 is 0. The molecular weight excluding hydrogens is 1690 g/mol. The van der Waals surface area contributed by atoms with E-state index in [0.717, 1.165) is 64.4 Å². The number of hydrogen-bond acceptors (Lipinski definition) is 39. The number of phosphoric ester groups is 2. The number of rotatable bonds is 68. The van der Waals surface area contributed by atoms with Crippen molar-refractivity contribution in [2.75, 3.05) is 142 Å². The molecule has 4 heterocycles. The Morgan fingerprint density at radius 1 is 0.460 bits per heavy atom. The van der Waals surface area contributed by atoms with Crippen molar-refractivity contribution in [2.24, 2.45) is 0 Å². The summed E-state index contributed by atoms with van der Waals surface area (Å²) in [5, 5.41) is 55.2. The average molecular weight is 1800 g/mol. The van der Waals surface area contributed by atoms with E-state index in [2.05, 4.69) is 96.8 Å². The van der Waals surface area contributed by atoms with Crippen LogP contribution in [0.1, 0.15) is 116 Å². The molecule has 124 heavy (non-hydrogen) atoms. The van der Waals surface area contributed by atoms with Gasteiger partial charge in [-0.25, -0.2) is 4.68 Å². The summed E-state index contributed by atoms with van der Waals surface area (Å²) in [7, 11) is -9.55. The van der Waals surface area contributed by atoms with E-state index in [4.69, 9.17) is 38.3 Å². The molecule has 41 nitrogen and oxygen atoms in total. The number of esters is 4. The SMILES string of the molecule is Cc1ccc(/C=C/c2ccc(N(CCCCC(O)CO)CCn3cc(COC(=O)CCCOCCOC(=O)CCCOP(=O)([O-])OCC(COC=O)OC=O)nn3)cc2)cn1.Cc1ccc(/C=C/c2ccc(N(CCO)CCOCC(O)Cn3cc(COC(=O)CCCOCCOC(=O)CCCOP(=O)([O-])OCC(COC=O)OC=O)nn3)cc2)cn1.[Na+].[Na+]. The quantitative estimate of drug-likeness (QED) is 0.00799. The number of aromatic nitrogens is 8. The third-order valence-corrected chi connectivity index (χ3v) is 18.7. The van der Waals surface area contributed by atoms with Gasteiger partial charge in [-0.3, -0.25) is 62.1 Å². The van der Waals surface area contributed by atoms with Gasteiger partial charge >= 0.3 is 83.0 Å². The van der Waals surface area contributed by atoms with Crippen LogP contribution in [0.2, 0.25) is 0 Å². The van der Waals surface area contributed by atoms with Gasteiger partial charge in [0.2, 0.25) is 0 Å². The summed E-state index contributed by atoms with van der Waals surface area (Å²) in [6.07, 6.45) is 13.8. The van der Waals surface area contributed by atoms with Gasteiger partial charge in [-0.2, -0.15) is 0 Å². The summed E-state index contributed by atoms with van der Waals surface area (Å²) in [6.45, 7) is 4.67. The van der Waals surface area contributed by atoms with Crippen LogP contribution in [0.3, 0.4) is 0 Å². The minimum Gasteiger partial charge on any atom is -0.756 e. The molecule has 0 spiro atoms. The molecule has 6 aromatic rings. The summed E-state index contributed by atoms with van der Waals surface area (Å²) < 4.78 is 100. The van der Waals surface area contributed by atoms with Gasteiger partial charge in [0.05, 0.1) is 104 Å². The Bertz CT molecular complexity index is 4130. The van der Waals surface area contributed by atoms with Gasteiger partial charge in [0, 0.05) is 100 Å². The number of nitrogens with zero attached hydrogens (tertiary/aromatic N) is 10. The first kappa shape index (κ1) is 110. The largest absolute Gasteiger partial charge is 1.00 e. The normalized spacial score (nSPS) is 13.0. The topological polar surface area (TPSA) is 530 Å². The van der Waals surface area contributed by atoms with Crippen molar-refractivity contribution >= 4 is 101 Å². The maximum absolute atomic E-state index is 12.3. The van der Waals surface area contributed by atoms with E-state index in [0.29, 0.717) is 63.4 Å². The third-order valence-electron chi connectivity index (χ3n) is 16.8. The Kier molecular flexibility index (Phi) is 58.8. The van der Waals surface area contributed by atoms with Crippen LogP contribution in [-0.4, -0.2) is 266 Å². The summed E-state index contributed by atoms with van der Waals surface area (Å²) in [4.78, 5) is 126. The first-order chi connectivity index (χ1) is 59.0. The fourth-order valence-corrected chi connectivity index (χ4v) is 12.0. The molecule has 45 heteroatoms. The summed E-state index contributed by atoms with van der Waals surface area (Å²) in [5.41, 5.74) is 8.87. The number of unbranched alkanes of at least 4 members (excludes halogenated alkanes) is 1. The van der Waals surface area contributed by atoms with E-state index < -0.39 is 90.4 Å². The van der Waals surface area contributed by atoms with Crippen LogP contribution in [0.25, 0.3) is 24.3 Å². The zero-order chi connectivity index (χ0) is 88.3. The molecule has 6 rings (SSSR count). The Morgan fingerprint density at radius 2 is 0.895 bits per heavy atom. The predicted octanol–water partition coefficient (Wildman–Crippen LogP) is -2.02. The molecule has 0 bridgehead atoms. The van der Waals surface area contributed by atoms with Crippen LogP contribution in [0.4, 0.5) is 11.4 Å². The number of carbonyl (C=O) groups is 8. The number of anilines is 2. The number of benzene rings is 2. The Morgan fingerprint density at radius 3 is 1.34 bits per heavy atom. The number of phosphoric acid groups is 2. The molecule has 0 fully saturated rings. The average Bonchev–Trinajstić information content (AvgIpc) is 1.06. The number of pyridine rings is 2. The molecule has 6 atom stereocenters. The van der Waals surface area contributed by atoms with E-state index >= 15 is 0 Å². The van der Waals surface area contributed by atoms with Gasteiger partial charge in [-0.05, 0) is 117 Å². The zero-order valence-corrected chi connectivity index (χ0v) is 75.9. The van der Waals surface area contributed by atoms with Crippen molar-refractivity contribution in [3.8, 4) is 0 Å². The van der Waals surface area contributed by atoms with Crippen molar-refractivity contribution in [1.29, 1.82) is 0 Å². The van der Waals surface area contributed by atoms with Crippen LogP contribution >= 0.6 is 15.6 Å². The minimum atomic E-state index is -4.77. The molecule has 0 saturated heterocycles. The van der Waals surface area contributed by atoms with Crippen molar-refractivity contribution in [3.63, 3.8) is 0 Å². The molecule has 0 amide bonds. The molecule has 0 aliphatic carbocycles. The van der Waals surface area contributed by atoms with E-state index in [1.807, 2.05) is 104 Å². The molecule has 672 valence electrons. The standard InChI is InChI=1S/C40H56N5O15P.C39H54N5O16P.2Na/c1-32-9-10-34(24-41-32)12-11-33-13-15-36(16-14-33)44(17-3-2-6-37(49)26-46)18-19-45-25-35(42-43-45)27-57-40(51)7-4-20-54-22-23-56-39(50)8-5-21-59-61(52,53)60-29-38(58-31-48)28-55-30-47;1-31-6-7-33(22-40-31)9-8-32-10-12-35(13-11-32)43(14-16-45)15-19-54-26-36(48)24-44-23-34(41-42-44)25-57-39(50)4-2-17-53-20-21-56-38(49)5-3-18-59-61(51,52)60-28-37(58-30-47)27-55-29-46;;/h9-16,24-25,30-31,37-38,46,49H,2-8,17-23,26-29H2,1H3,(H,52,53);6-13,22-23,29-30,36-37,45,48H,2-5,14-21,24-28H2,1H3,(H,51,52);;/q;;2*+1/p-2/b12-11+;9-8+;;. The summed E-state index contributed by atoms with van der Waals surface area (Å²) in [5.74, 6) is -2.13. The van der Waals surface area contributed by atoms with Crippen LogP contribution in [0.5, 0.6) is 0 Å². The molecule has 4 N–H and O–H groups in total. The van der Waals surface area contributed by atoms with Gasteiger partial charge in [0.15, 0.2) is 12.2 Å². The van der Waals surface area contributed by atoms with E-state index in [1.54, 1.807) is 17.1 Å². The number of aryl methyl sites for hydroxylation is 2. The van der Waals surface area contributed by atoms with E-state index in [-0.39, 0.29) is 216 Å². The first-order valence-electron chi connectivity index (χ1n) is 39.1. The van der Waals surface area contributed by atoms with Gasteiger partial charge in [0.25, 0.3) is 41.5 Å². The van der Waals surface area contributed by atoms with E-state index in [9.17, 15) is 72.6 Å².